The quantitative estimate of drug-likeness (QED) is 0.774. The van der Waals surface area contributed by atoms with Crippen LogP contribution in [0.5, 0.6) is 11.5 Å². The van der Waals surface area contributed by atoms with Gasteiger partial charge < -0.3 is 14.4 Å². The fourth-order valence-corrected chi connectivity index (χ4v) is 3.14. The van der Waals surface area contributed by atoms with Crippen LogP contribution in [0.4, 0.5) is 0 Å². The van der Waals surface area contributed by atoms with Crippen LogP contribution < -0.4 is 9.47 Å². The summed E-state index contributed by atoms with van der Waals surface area (Å²) in [4.78, 5) is 14.3. The highest BCUT2D eigenvalue weighted by molar-refractivity contribution is 6.42. The lowest BCUT2D eigenvalue weighted by Gasteiger charge is -2.29. The molecule has 0 unspecified atom stereocenters. The Hall–Kier alpha value is -1.91. The number of fused-ring (bicyclic) bond motifs is 1. The second kappa shape index (κ2) is 7.98. The number of ether oxygens (including phenoxy) is 2. The minimum atomic E-state index is 0.0773. The number of hydrogen-bond donors (Lipinski definition) is 0. The van der Waals surface area contributed by atoms with Crippen LogP contribution in [0.1, 0.15) is 17.5 Å². The van der Waals surface area contributed by atoms with Crippen LogP contribution in [-0.2, 0) is 17.8 Å². The van der Waals surface area contributed by atoms with Gasteiger partial charge in [0.25, 0.3) is 0 Å². The van der Waals surface area contributed by atoms with Crippen molar-refractivity contribution in [2.75, 3.05) is 20.3 Å². The Kier molecular flexibility index (Phi) is 5.71. The van der Waals surface area contributed by atoms with Gasteiger partial charge in [-0.25, -0.2) is 0 Å². The molecule has 3 rings (SSSR count). The summed E-state index contributed by atoms with van der Waals surface area (Å²) in [7, 11) is 1.65. The van der Waals surface area contributed by atoms with Crippen molar-refractivity contribution in [2.24, 2.45) is 0 Å². The molecule has 0 bridgehead atoms. The summed E-state index contributed by atoms with van der Waals surface area (Å²) < 4.78 is 10.9. The molecule has 0 spiro atoms. The van der Waals surface area contributed by atoms with E-state index < -0.39 is 0 Å². The summed E-state index contributed by atoms with van der Waals surface area (Å²) in [6, 6.07) is 11.1. The predicted molar refractivity (Wildman–Crippen MR) is 98.7 cm³/mol. The highest BCUT2D eigenvalue weighted by Gasteiger charge is 2.21. The van der Waals surface area contributed by atoms with Gasteiger partial charge in [0.1, 0.15) is 11.5 Å². The molecule has 1 amide bonds. The first-order valence-corrected chi connectivity index (χ1v) is 8.84. The zero-order valence-corrected chi connectivity index (χ0v) is 15.4. The van der Waals surface area contributed by atoms with Crippen molar-refractivity contribution in [3.63, 3.8) is 0 Å². The van der Waals surface area contributed by atoms with Gasteiger partial charge in [0.15, 0.2) is 0 Å². The van der Waals surface area contributed by atoms with Gasteiger partial charge in [0.2, 0.25) is 5.91 Å². The molecule has 2 aromatic carbocycles. The Bertz CT molecular complexity index is 779. The number of hydrogen-bond acceptors (Lipinski definition) is 3. The predicted octanol–water partition coefficient (Wildman–Crippen LogP) is 4.36. The van der Waals surface area contributed by atoms with Crippen molar-refractivity contribution < 1.29 is 14.3 Å². The van der Waals surface area contributed by atoms with Crippen molar-refractivity contribution in [1.29, 1.82) is 0 Å². The number of carbonyl (C=O) groups is 1. The zero-order valence-electron chi connectivity index (χ0n) is 13.9. The second-order valence-electron chi connectivity index (χ2n) is 5.87. The Morgan fingerprint density at radius 3 is 2.64 bits per heavy atom. The van der Waals surface area contributed by atoms with Gasteiger partial charge >= 0.3 is 0 Å². The maximum atomic E-state index is 12.4. The van der Waals surface area contributed by atoms with Crippen LogP contribution in [0.3, 0.4) is 0 Å². The van der Waals surface area contributed by atoms with Gasteiger partial charge in [-0.1, -0.05) is 29.3 Å². The molecule has 4 nitrogen and oxygen atoms in total. The van der Waals surface area contributed by atoms with E-state index in [4.69, 9.17) is 32.7 Å². The number of halogens is 2. The molecular weight excluding hydrogens is 361 g/mol. The van der Waals surface area contributed by atoms with Crippen LogP contribution >= 0.6 is 23.2 Å². The first kappa shape index (κ1) is 17.9. The van der Waals surface area contributed by atoms with Crippen LogP contribution in [-0.4, -0.2) is 31.1 Å². The molecule has 0 atom stereocenters. The summed E-state index contributed by atoms with van der Waals surface area (Å²) in [5.74, 6) is 1.50. The first-order valence-electron chi connectivity index (χ1n) is 8.08. The monoisotopic (exact) mass is 379 g/mol. The average Bonchev–Trinajstić information content (AvgIpc) is 2.63. The molecule has 1 aliphatic heterocycles. The molecule has 0 aliphatic carbocycles. The summed E-state index contributed by atoms with van der Waals surface area (Å²) in [6.07, 6.45) is 1.18. The van der Waals surface area contributed by atoms with Crippen LogP contribution in [0.2, 0.25) is 10.0 Å². The molecular formula is C19H19Cl2NO3. The largest absolute Gasteiger partial charge is 0.497 e. The maximum Gasteiger partial charge on any atom is 0.226 e. The topological polar surface area (TPSA) is 38.8 Å². The fourth-order valence-electron chi connectivity index (χ4n) is 2.85. The van der Waals surface area contributed by atoms with Crippen molar-refractivity contribution in [1.82, 2.24) is 4.90 Å². The molecule has 6 heteroatoms. The van der Waals surface area contributed by atoms with Gasteiger partial charge in [-0.05, 0) is 41.8 Å². The van der Waals surface area contributed by atoms with E-state index in [0.29, 0.717) is 35.4 Å². The zero-order chi connectivity index (χ0) is 17.8. The highest BCUT2D eigenvalue weighted by atomic mass is 35.5. The minimum absolute atomic E-state index is 0.0773. The lowest BCUT2D eigenvalue weighted by molar-refractivity contribution is -0.132. The Morgan fingerprint density at radius 2 is 1.88 bits per heavy atom. The van der Waals surface area contributed by atoms with E-state index in [0.717, 1.165) is 24.3 Å². The van der Waals surface area contributed by atoms with Crippen LogP contribution in [0.15, 0.2) is 36.4 Å². The first-order chi connectivity index (χ1) is 12.1. The molecule has 0 N–H and O–H groups in total. The molecule has 0 saturated carbocycles. The third-order valence-electron chi connectivity index (χ3n) is 4.25. The van der Waals surface area contributed by atoms with Gasteiger partial charge in [-0.2, -0.15) is 0 Å². The van der Waals surface area contributed by atoms with Gasteiger partial charge in [-0.15, -0.1) is 0 Å². The molecule has 2 aromatic rings. The number of nitrogens with zero attached hydrogens (tertiary/aromatic N) is 1. The summed E-state index contributed by atoms with van der Waals surface area (Å²) in [5, 5.41) is 0.916. The summed E-state index contributed by atoms with van der Waals surface area (Å²) >= 11 is 11.8. The lowest BCUT2D eigenvalue weighted by Crippen LogP contribution is -2.36. The third kappa shape index (κ3) is 4.39. The average molecular weight is 380 g/mol. The van der Waals surface area contributed by atoms with Crippen molar-refractivity contribution in [3.8, 4) is 11.5 Å². The molecule has 1 aliphatic rings. The van der Waals surface area contributed by atoms with Crippen molar-refractivity contribution in [3.05, 3.63) is 57.6 Å². The van der Waals surface area contributed by atoms with Gasteiger partial charge in [0, 0.05) is 19.2 Å². The molecule has 0 radical (unpaired) electrons. The fraction of sp³-hybridized carbons (Fsp3) is 0.316. The lowest BCUT2D eigenvalue weighted by atomic mass is 9.99. The van der Waals surface area contributed by atoms with E-state index in [2.05, 4.69) is 6.07 Å². The maximum absolute atomic E-state index is 12.4. The second-order valence-corrected chi connectivity index (χ2v) is 6.69. The van der Waals surface area contributed by atoms with E-state index in [1.807, 2.05) is 17.0 Å². The molecule has 132 valence electrons. The summed E-state index contributed by atoms with van der Waals surface area (Å²) in [5.41, 5.74) is 2.42. The summed E-state index contributed by atoms with van der Waals surface area (Å²) in [6.45, 7) is 1.64. The molecule has 25 heavy (non-hydrogen) atoms. The number of amides is 1. The molecule has 0 aromatic heterocycles. The van der Waals surface area contributed by atoms with Gasteiger partial charge in [-0.3, -0.25) is 4.79 Å². The van der Waals surface area contributed by atoms with E-state index >= 15 is 0 Å². The number of methoxy groups -OCH3 is 1. The Balaban J connectivity index is 1.54. The highest BCUT2D eigenvalue weighted by Crippen LogP contribution is 2.27. The SMILES string of the molecule is COc1ccc2c(c1)CN(C(=O)CCOc1ccc(Cl)c(Cl)c1)CC2. The van der Waals surface area contributed by atoms with E-state index in [1.165, 1.54) is 5.56 Å². The molecule has 0 fully saturated rings. The van der Waals surface area contributed by atoms with E-state index in [1.54, 1.807) is 25.3 Å². The van der Waals surface area contributed by atoms with Crippen molar-refractivity contribution in [2.45, 2.75) is 19.4 Å². The standard InChI is InChI=1S/C19H19Cl2NO3/c1-24-15-3-2-13-6-8-22(12-14(13)10-15)19(23)7-9-25-16-4-5-17(20)18(21)11-16/h2-5,10-11H,6-9,12H2,1H3. The van der Waals surface area contributed by atoms with Crippen molar-refractivity contribution >= 4 is 29.1 Å². The molecule has 0 saturated heterocycles. The van der Waals surface area contributed by atoms with Crippen LogP contribution in [0.25, 0.3) is 0 Å². The smallest absolute Gasteiger partial charge is 0.226 e. The normalized spacial score (nSPS) is 13.3. The number of rotatable bonds is 5. The Labute approximate surface area is 157 Å². The minimum Gasteiger partial charge on any atom is -0.497 e. The third-order valence-corrected chi connectivity index (χ3v) is 4.99. The van der Waals surface area contributed by atoms with E-state index in [-0.39, 0.29) is 5.91 Å². The van der Waals surface area contributed by atoms with Gasteiger partial charge in [0.05, 0.1) is 30.2 Å². The number of benzene rings is 2. The van der Waals surface area contributed by atoms with Crippen LogP contribution in [0, 0.1) is 0 Å². The molecule has 1 heterocycles. The van der Waals surface area contributed by atoms with E-state index in [9.17, 15) is 4.79 Å². The number of carbonyl (C=O) groups excluding carboxylic acids is 1. The Morgan fingerprint density at radius 1 is 1.08 bits per heavy atom.